The molecule has 7 nitrogen and oxygen atoms in total. The Kier molecular flexibility index (Phi) is 6.08. The fourth-order valence-corrected chi connectivity index (χ4v) is 5.20. The Labute approximate surface area is 148 Å². The molecule has 1 aromatic rings. The molecule has 1 aromatic carbocycles. The van der Waals surface area contributed by atoms with E-state index in [1.54, 1.807) is 27.0 Å². The molecule has 1 aliphatic rings. The van der Waals surface area contributed by atoms with E-state index in [2.05, 4.69) is 0 Å². The van der Waals surface area contributed by atoms with Crippen molar-refractivity contribution in [2.45, 2.75) is 44.6 Å². The first-order valence-corrected chi connectivity index (χ1v) is 9.60. The maximum atomic E-state index is 13.2. The lowest BCUT2D eigenvalue weighted by Gasteiger charge is -2.32. The molecule has 25 heavy (non-hydrogen) atoms. The van der Waals surface area contributed by atoms with Gasteiger partial charge in [-0.3, -0.25) is 0 Å². The van der Waals surface area contributed by atoms with Gasteiger partial charge in [-0.15, -0.1) is 0 Å². The number of rotatable bonds is 6. The fourth-order valence-electron chi connectivity index (χ4n) is 3.21. The van der Waals surface area contributed by atoms with Gasteiger partial charge in [-0.2, -0.15) is 4.31 Å². The Balaban J connectivity index is 2.32. The maximum Gasteiger partial charge on any atom is 0.329 e. The summed E-state index contributed by atoms with van der Waals surface area (Å²) in [5.74, 6) is -0.396. The van der Waals surface area contributed by atoms with E-state index in [1.165, 1.54) is 4.31 Å². The van der Waals surface area contributed by atoms with E-state index >= 15 is 0 Å². The summed E-state index contributed by atoms with van der Waals surface area (Å²) in [5, 5.41) is 8.73. The molecule has 0 spiro atoms. The van der Waals surface area contributed by atoms with Crippen LogP contribution in [0.1, 0.15) is 29.5 Å². The lowest BCUT2D eigenvalue weighted by molar-refractivity contribution is -0.145. The molecule has 1 saturated heterocycles. The highest BCUT2D eigenvalue weighted by Gasteiger charge is 2.33. The van der Waals surface area contributed by atoms with Gasteiger partial charge >= 0.3 is 5.97 Å². The molecule has 2 rings (SSSR count). The number of hydrogen-bond donors (Lipinski definition) is 1. The molecule has 1 N–H and O–H groups in total. The summed E-state index contributed by atoms with van der Waals surface area (Å²) in [4.78, 5) is 11.0. The van der Waals surface area contributed by atoms with Gasteiger partial charge in [0, 0.05) is 13.1 Å². The summed E-state index contributed by atoms with van der Waals surface area (Å²) < 4.78 is 38.4. The minimum Gasteiger partial charge on any atom is -0.496 e. The lowest BCUT2D eigenvalue weighted by atomic mass is 10.1. The van der Waals surface area contributed by atoms with Crippen LogP contribution in [0.4, 0.5) is 0 Å². The van der Waals surface area contributed by atoms with Crippen LogP contribution in [0.2, 0.25) is 0 Å². The van der Waals surface area contributed by atoms with Crippen molar-refractivity contribution in [2.24, 2.45) is 0 Å². The molecule has 1 heterocycles. The molecule has 140 valence electrons. The van der Waals surface area contributed by atoms with Crippen LogP contribution < -0.4 is 4.74 Å². The van der Waals surface area contributed by atoms with Crippen molar-refractivity contribution in [2.75, 3.05) is 26.8 Å². The van der Waals surface area contributed by atoms with Gasteiger partial charge in [-0.25, -0.2) is 13.2 Å². The van der Waals surface area contributed by atoms with Gasteiger partial charge in [-0.1, -0.05) is 0 Å². The summed E-state index contributed by atoms with van der Waals surface area (Å²) in [7, 11) is -2.13. The number of benzene rings is 1. The van der Waals surface area contributed by atoms with Crippen molar-refractivity contribution in [1.29, 1.82) is 0 Å². The molecule has 0 aromatic heterocycles. The van der Waals surface area contributed by atoms with Crippen LogP contribution in [0, 0.1) is 20.8 Å². The van der Waals surface area contributed by atoms with Crippen LogP contribution >= 0.6 is 0 Å². The number of carbonyl (C=O) groups is 1. The van der Waals surface area contributed by atoms with Crippen molar-refractivity contribution < 1.29 is 27.8 Å². The Morgan fingerprint density at radius 3 is 2.60 bits per heavy atom. The van der Waals surface area contributed by atoms with Crippen molar-refractivity contribution in [3.05, 3.63) is 22.8 Å². The largest absolute Gasteiger partial charge is 0.496 e. The summed E-state index contributed by atoms with van der Waals surface area (Å²) in [6.07, 6.45) is 0.884. The normalized spacial score (nSPS) is 19.0. The minimum absolute atomic E-state index is 0.166. The molecule has 0 amide bonds. The zero-order valence-corrected chi connectivity index (χ0v) is 15.9. The number of hydrogen-bond acceptors (Lipinski definition) is 5. The van der Waals surface area contributed by atoms with Crippen LogP contribution in [0.5, 0.6) is 5.75 Å². The van der Waals surface area contributed by atoms with Gasteiger partial charge in [0.15, 0.2) is 0 Å². The number of piperidine rings is 1. The Hall–Kier alpha value is -1.64. The molecule has 1 fully saturated rings. The fraction of sp³-hybridized carbons (Fsp3) is 0.588. The summed E-state index contributed by atoms with van der Waals surface area (Å²) in [5.41, 5.74) is 2.10. The summed E-state index contributed by atoms with van der Waals surface area (Å²) in [6.45, 7) is 5.52. The van der Waals surface area contributed by atoms with Crippen molar-refractivity contribution in [3.63, 3.8) is 0 Å². The van der Waals surface area contributed by atoms with E-state index in [9.17, 15) is 13.2 Å². The van der Waals surface area contributed by atoms with Crippen molar-refractivity contribution in [3.8, 4) is 5.75 Å². The molecule has 0 aliphatic carbocycles. The van der Waals surface area contributed by atoms with Gasteiger partial charge in [0.2, 0.25) is 10.0 Å². The second kappa shape index (κ2) is 7.72. The first kappa shape index (κ1) is 19.7. The number of ether oxygens (including phenoxy) is 2. The smallest absolute Gasteiger partial charge is 0.329 e. The van der Waals surface area contributed by atoms with E-state index in [-0.39, 0.29) is 6.54 Å². The molecule has 1 atom stereocenters. The van der Waals surface area contributed by atoms with E-state index < -0.39 is 28.7 Å². The first-order chi connectivity index (χ1) is 11.7. The van der Waals surface area contributed by atoms with E-state index in [4.69, 9.17) is 14.6 Å². The van der Waals surface area contributed by atoms with Crippen LogP contribution in [0.3, 0.4) is 0 Å². The monoisotopic (exact) mass is 371 g/mol. The average molecular weight is 371 g/mol. The highest BCUT2D eigenvalue weighted by atomic mass is 32.2. The highest BCUT2D eigenvalue weighted by molar-refractivity contribution is 7.89. The minimum atomic E-state index is -3.69. The van der Waals surface area contributed by atoms with Crippen molar-refractivity contribution in [1.82, 2.24) is 4.31 Å². The third-order valence-corrected chi connectivity index (χ3v) is 6.74. The zero-order chi connectivity index (χ0) is 18.8. The topological polar surface area (TPSA) is 93.1 Å². The average Bonchev–Trinajstić information content (AvgIpc) is 2.56. The molecule has 0 radical (unpaired) electrons. The SMILES string of the molecule is COc1cc(C)c(S(=O)(=O)N2CCCC(OCC(=O)O)C2)c(C)c1C. The third kappa shape index (κ3) is 4.13. The molecular weight excluding hydrogens is 346 g/mol. The van der Waals surface area contributed by atoms with Crippen LogP contribution in [0.15, 0.2) is 11.0 Å². The number of carboxylic acids is 1. The van der Waals surface area contributed by atoms with Crippen molar-refractivity contribution >= 4 is 16.0 Å². The van der Waals surface area contributed by atoms with E-state index in [0.717, 1.165) is 5.56 Å². The standard InChI is InChI=1S/C17H25NO6S/c1-11-8-15(23-4)12(2)13(3)17(11)25(21,22)18-7-5-6-14(9-18)24-10-16(19)20/h8,14H,5-7,9-10H2,1-4H3,(H,19,20). The zero-order valence-electron chi connectivity index (χ0n) is 15.0. The highest BCUT2D eigenvalue weighted by Crippen LogP contribution is 2.33. The number of carboxylic acid groups (broad SMARTS) is 1. The number of nitrogens with zero attached hydrogens (tertiary/aromatic N) is 1. The van der Waals surface area contributed by atoms with Gasteiger partial charge < -0.3 is 14.6 Å². The number of aliphatic carboxylic acids is 1. The van der Waals surface area contributed by atoms with E-state index in [0.29, 0.717) is 41.2 Å². The van der Waals surface area contributed by atoms with E-state index in [1.807, 2.05) is 6.92 Å². The third-order valence-electron chi connectivity index (χ3n) is 4.58. The second-order valence-electron chi connectivity index (χ2n) is 6.31. The predicted molar refractivity (Wildman–Crippen MR) is 92.6 cm³/mol. The Morgan fingerprint density at radius 1 is 1.32 bits per heavy atom. The second-order valence-corrected chi connectivity index (χ2v) is 8.18. The molecule has 0 bridgehead atoms. The van der Waals surface area contributed by atoms with Gasteiger partial charge in [0.25, 0.3) is 0 Å². The Bertz CT molecular complexity index is 759. The Morgan fingerprint density at radius 2 is 2.00 bits per heavy atom. The summed E-state index contributed by atoms with van der Waals surface area (Å²) >= 11 is 0. The molecular formula is C17H25NO6S. The van der Waals surface area contributed by atoms with Crippen LogP contribution in [-0.4, -0.2) is 56.7 Å². The van der Waals surface area contributed by atoms with Gasteiger partial charge in [0.05, 0.1) is 18.1 Å². The number of methoxy groups -OCH3 is 1. The molecule has 8 heteroatoms. The molecule has 0 saturated carbocycles. The quantitative estimate of drug-likeness (QED) is 0.821. The number of sulfonamides is 1. The number of aryl methyl sites for hydroxylation is 1. The maximum absolute atomic E-state index is 13.2. The van der Waals surface area contributed by atoms with Gasteiger partial charge in [0.1, 0.15) is 12.4 Å². The van der Waals surface area contributed by atoms with Crippen LogP contribution in [-0.2, 0) is 19.6 Å². The first-order valence-electron chi connectivity index (χ1n) is 8.16. The molecule has 1 unspecified atom stereocenters. The van der Waals surface area contributed by atoms with Crippen LogP contribution in [0.25, 0.3) is 0 Å². The van der Waals surface area contributed by atoms with Gasteiger partial charge in [-0.05, 0) is 56.4 Å². The molecule has 1 aliphatic heterocycles. The summed E-state index contributed by atoms with van der Waals surface area (Å²) in [6, 6.07) is 1.73. The lowest BCUT2D eigenvalue weighted by Crippen LogP contribution is -2.44. The predicted octanol–water partition coefficient (Wildman–Crippen LogP) is 1.87.